The summed E-state index contributed by atoms with van der Waals surface area (Å²) < 4.78 is 0. The summed E-state index contributed by atoms with van der Waals surface area (Å²) in [6, 6.07) is 0. The first-order valence-corrected chi connectivity index (χ1v) is 6.20. The molecule has 0 saturated heterocycles. The molecule has 3 N–H and O–H groups in total. The van der Waals surface area contributed by atoms with Crippen molar-refractivity contribution in [3.8, 4) is 0 Å². The lowest BCUT2D eigenvalue weighted by Gasteiger charge is -2.38. The highest BCUT2D eigenvalue weighted by Crippen LogP contribution is 2.40. The van der Waals surface area contributed by atoms with Gasteiger partial charge in [-0.2, -0.15) is 0 Å². The zero-order valence-corrected chi connectivity index (χ0v) is 9.23. The maximum Gasteiger partial charge on any atom is 0.162 e. The molecule has 3 nitrogen and oxygen atoms in total. The van der Waals surface area contributed by atoms with Crippen molar-refractivity contribution in [2.75, 3.05) is 0 Å². The molecular formula is C12H22O3. The Bertz CT molecular complexity index is 197. The van der Waals surface area contributed by atoms with Gasteiger partial charge in [-0.05, 0) is 50.4 Å². The molecule has 0 atom stereocenters. The van der Waals surface area contributed by atoms with Gasteiger partial charge in [0.1, 0.15) is 0 Å². The van der Waals surface area contributed by atoms with Crippen LogP contribution < -0.4 is 0 Å². The highest BCUT2D eigenvalue weighted by Gasteiger charge is 2.35. The number of rotatable bonds is 1. The van der Waals surface area contributed by atoms with E-state index in [0.29, 0.717) is 24.7 Å². The normalized spacial score (nSPS) is 37.8. The summed E-state index contributed by atoms with van der Waals surface area (Å²) in [5.41, 5.74) is 0. The molecule has 0 unspecified atom stereocenters. The summed E-state index contributed by atoms with van der Waals surface area (Å²) in [5.74, 6) is -0.0283. The zero-order valence-electron chi connectivity index (χ0n) is 9.23. The molecule has 0 aliphatic heterocycles. The predicted molar refractivity (Wildman–Crippen MR) is 57.1 cm³/mol. The molecule has 0 aromatic heterocycles. The Morgan fingerprint density at radius 1 is 0.733 bits per heavy atom. The standard InChI is InChI=1S/C12H22O3/c13-11-3-1-9(2-4-11)10-5-7-12(14,15)8-6-10/h9-11,13-15H,1-8H2. The topological polar surface area (TPSA) is 60.7 Å². The first-order chi connectivity index (χ1) is 7.07. The average molecular weight is 214 g/mol. The van der Waals surface area contributed by atoms with Crippen LogP contribution in [0.5, 0.6) is 0 Å². The third kappa shape index (κ3) is 2.92. The van der Waals surface area contributed by atoms with Gasteiger partial charge in [0.2, 0.25) is 0 Å². The SMILES string of the molecule is OC1CCC(C2CCC(O)(O)CC2)CC1. The van der Waals surface area contributed by atoms with Gasteiger partial charge in [-0.25, -0.2) is 0 Å². The smallest absolute Gasteiger partial charge is 0.162 e. The van der Waals surface area contributed by atoms with E-state index in [-0.39, 0.29) is 6.10 Å². The van der Waals surface area contributed by atoms with Gasteiger partial charge in [0.05, 0.1) is 6.10 Å². The Morgan fingerprint density at radius 3 is 1.73 bits per heavy atom. The minimum atomic E-state index is -1.40. The van der Waals surface area contributed by atoms with Crippen molar-refractivity contribution in [1.82, 2.24) is 0 Å². The van der Waals surface area contributed by atoms with Gasteiger partial charge in [0, 0.05) is 12.8 Å². The molecule has 2 aliphatic carbocycles. The van der Waals surface area contributed by atoms with Gasteiger partial charge < -0.3 is 15.3 Å². The molecule has 0 aromatic rings. The molecule has 15 heavy (non-hydrogen) atoms. The molecule has 0 radical (unpaired) electrons. The number of hydrogen-bond donors (Lipinski definition) is 3. The van der Waals surface area contributed by atoms with E-state index in [0.717, 1.165) is 38.5 Å². The van der Waals surface area contributed by atoms with Crippen molar-refractivity contribution in [3.63, 3.8) is 0 Å². The second-order valence-corrected chi connectivity index (χ2v) is 5.39. The Balaban J connectivity index is 1.80. The minimum absolute atomic E-state index is 0.0837. The lowest BCUT2D eigenvalue weighted by molar-refractivity contribution is -0.189. The van der Waals surface area contributed by atoms with E-state index in [1.54, 1.807) is 0 Å². The molecule has 0 spiro atoms. The van der Waals surface area contributed by atoms with Gasteiger partial charge in [-0.15, -0.1) is 0 Å². The lowest BCUT2D eigenvalue weighted by Crippen LogP contribution is -2.36. The fraction of sp³-hybridized carbons (Fsp3) is 1.00. The van der Waals surface area contributed by atoms with Gasteiger partial charge in [-0.1, -0.05) is 0 Å². The van der Waals surface area contributed by atoms with E-state index in [1.807, 2.05) is 0 Å². The molecule has 88 valence electrons. The molecule has 0 aromatic carbocycles. The molecule has 2 saturated carbocycles. The molecule has 0 bridgehead atoms. The monoisotopic (exact) mass is 214 g/mol. The third-order valence-electron chi connectivity index (χ3n) is 4.24. The van der Waals surface area contributed by atoms with Crippen LogP contribution in [-0.2, 0) is 0 Å². The zero-order chi connectivity index (χ0) is 10.9. The summed E-state index contributed by atoms with van der Waals surface area (Å²) in [6.07, 6.45) is 6.95. The second-order valence-electron chi connectivity index (χ2n) is 5.39. The minimum Gasteiger partial charge on any atom is -0.393 e. The summed E-state index contributed by atoms with van der Waals surface area (Å²) in [6.45, 7) is 0. The Labute approximate surface area is 91.1 Å². The van der Waals surface area contributed by atoms with Crippen LogP contribution in [0.2, 0.25) is 0 Å². The Morgan fingerprint density at radius 2 is 1.20 bits per heavy atom. The molecule has 2 aliphatic rings. The summed E-state index contributed by atoms with van der Waals surface area (Å²) in [7, 11) is 0. The fourth-order valence-corrected chi connectivity index (χ4v) is 3.15. The van der Waals surface area contributed by atoms with E-state index in [9.17, 15) is 15.3 Å². The highest BCUT2D eigenvalue weighted by atomic mass is 16.5. The van der Waals surface area contributed by atoms with Crippen LogP contribution in [0.15, 0.2) is 0 Å². The average Bonchev–Trinajstić information content (AvgIpc) is 2.20. The van der Waals surface area contributed by atoms with E-state index < -0.39 is 5.79 Å². The largest absolute Gasteiger partial charge is 0.393 e. The second kappa shape index (κ2) is 4.40. The Hall–Kier alpha value is -0.120. The lowest BCUT2D eigenvalue weighted by atomic mass is 9.71. The van der Waals surface area contributed by atoms with Crippen molar-refractivity contribution >= 4 is 0 Å². The number of aliphatic hydroxyl groups is 3. The van der Waals surface area contributed by atoms with Crippen molar-refractivity contribution < 1.29 is 15.3 Å². The molecule has 3 heteroatoms. The summed E-state index contributed by atoms with van der Waals surface area (Å²) in [5, 5.41) is 28.3. The first kappa shape index (κ1) is 11.4. The third-order valence-corrected chi connectivity index (χ3v) is 4.24. The molecule has 2 rings (SSSR count). The molecule has 0 heterocycles. The van der Waals surface area contributed by atoms with Gasteiger partial charge in [-0.3, -0.25) is 0 Å². The van der Waals surface area contributed by atoms with E-state index in [2.05, 4.69) is 0 Å². The highest BCUT2D eigenvalue weighted by molar-refractivity contribution is 4.83. The van der Waals surface area contributed by atoms with Crippen LogP contribution >= 0.6 is 0 Å². The van der Waals surface area contributed by atoms with Crippen LogP contribution in [0.25, 0.3) is 0 Å². The summed E-state index contributed by atoms with van der Waals surface area (Å²) >= 11 is 0. The van der Waals surface area contributed by atoms with Crippen molar-refractivity contribution in [2.24, 2.45) is 11.8 Å². The number of hydrogen-bond acceptors (Lipinski definition) is 3. The van der Waals surface area contributed by atoms with E-state index >= 15 is 0 Å². The van der Waals surface area contributed by atoms with E-state index in [4.69, 9.17) is 0 Å². The van der Waals surface area contributed by atoms with Crippen molar-refractivity contribution in [1.29, 1.82) is 0 Å². The van der Waals surface area contributed by atoms with Gasteiger partial charge >= 0.3 is 0 Å². The van der Waals surface area contributed by atoms with Crippen LogP contribution in [-0.4, -0.2) is 27.2 Å². The van der Waals surface area contributed by atoms with Crippen LogP contribution in [0.4, 0.5) is 0 Å². The van der Waals surface area contributed by atoms with Crippen molar-refractivity contribution in [2.45, 2.75) is 63.3 Å². The van der Waals surface area contributed by atoms with E-state index in [1.165, 1.54) is 0 Å². The molecule has 2 fully saturated rings. The fourth-order valence-electron chi connectivity index (χ4n) is 3.15. The first-order valence-electron chi connectivity index (χ1n) is 6.20. The summed E-state index contributed by atoms with van der Waals surface area (Å²) in [4.78, 5) is 0. The quantitative estimate of drug-likeness (QED) is 0.578. The number of aliphatic hydroxyl groups excluding tert-OH is 1. The molecular weight excluding hydrogens is 192 g/mol. The van der Waals surface area contributed by atoms with Crippen molar-refractivity contribution in [3.05, 3.63) is 0 Å². The Kier molecular flexibility index (Phi) is 3.33. The van der Waals surface area contributed by atoms with Crippen LogP contribution in [0.1, 0.15) is 51.4 Å². The predicted octanol–water partition coefficient (Wildman–Crippen LogP) is 1.41. The van der Waals surface area contributed by atoms with Gasteiger partial charge in [0.25, 0.3) is 0 Å². The molecule has 0 amide bonds. The van der Waals surface area contributed by atoms with Gasteiger partial charge in [0.15, 0.2) is 5.79 Å². The maximum absolute atomic E-state index is 9.45. The van der Waals surface area contributed by atoms with Crippen LogP contribution in [0, 0.1) is 11.8 Å². The van der Waals surface area contributed by atoms with Crippen LogP contribution in [0.3, 0.4) is 0 Å². The maximum atomic E-state index is 9.45.